The molecule has 17 heavy (non-hydrogen) atoms. The summed E-state index contributed by atoms with van der Waals surface area (Å²) in [5.74, 6) is 0.821. The summed E-state index contributed by atoms with van der Waals surface area (Å²) in [5, 5.41) is 0. The van der Waals surface area contributed by atoms with Gasteiger partial charge in [0, 0.05) is 12.6 Å². The first kappa shape index (κ1) is 12.9. The molecule has 98 valence electrons. The van der Waals surface area contributed by atoms with Crippen LogP contribution in [0, 0.1) is 5.92 Å². The van der Waals surface area contributed by atoms with Gasteiger partial charge in [0.25, 0.3) is 0 Å². The molecule has 3 unspecified atom stereocenters. The lowest BCUT2D eigenvalue weighted by Gasteiger charge is -2.45. The highest BCUT2D eigenvalue weighted by molar-refractivity contribution is 5.76. The van der Waals surface area contributed by atoms with Gasteiger partial charge in [0.2, 0.25) is 0 Å². The predicted octanol–water partition coefficient (Wildman–Crippen LogP) is 2.59. The first-order valence-electron chi connectivity index (χ1n) is 7.06. The quantitative estimate of drug-likeness (QED) is 0.694. The fourth-order valence-electron chi connectivity index (χ4n) is 3.20. The Kier molecular flexibility index (Phi) is 4.43. The van der Waals surface area contributed by atoms with E-state index >= 15 is 0 Å². The van der Waals surface area contributed by atoms with E-state index in [0.29, 0.717) is 6.04 Å². The van der Waals surface area contributed by atoms with Crippen LogP contribution in [0.4, 0.5) is 0 Å². The van der Waals surface area contributed by atoms with Crippen LogP contribution in [0.1, 0.15) is 51.9 Å². The van der Waals surface area contributed by atoms with Gasteiger partial charge >= 0.3 is 5.97 Å². The van der Waals surface area contributed by atoms with Crippen LogP contribution in [0.3, 0.4) is 0 Å². The summed E-state index contributed by atoms with van der Waals surface area (Å²) >= 11 is 0. The van der Waals surface area contributed by atoms with E-state index in [0.717, 1.165) is 18.9 Å². The Bertz CT molecular complexity index is 267. The van der Waals surface area contributed by atoms with Crippen LogP contribution in [0.5, 0.6) is 0 Å². The van der Waals surface area contributed by atoms with Gasteiger partial charge < -0.3 is 4.74 Å². The van der Waals surface area contributed by atoms with Crippen LogP contribution in [0.2, 0.25) is 0 Å². The number of hydrogen-bond acceptors (Lipinski definition) is 3. The zero-order valence-electron chi connectivity index (χ0n) is 11.2. The van der Waals surface area contributed by atoms with E-state index < -0.39 is 0 Å². The number of methoxy groups -OCH3 is 1. The molecule has 0 amide bonds. The molecule has 3 nitrogen and oxygen atoms in total. The van der Waals surface area contributed by atoms with E-state index in [1.54, 1.807) is 0 Å². The maximum atomic E-state index is 11.6. The number of rotatable bonds is 2. The number of esters is 1. The van der Waals surface area contributed by atoms with E-state index in [-0.39, 0.29) is 12.0 Å². The standard InChI is InChI=1S/C14H25NO2/c1-11-5-3-4-6-12(8-7-11)15-10-9-13(15)14(16)17-2/h11-13H,3-10H2,1-2H3. The van der Waals surface area contributed by atoms with Crippen molar-refractivity contribution in [3.63, 3.8) is 0 Å². The van der Waals surface area contributed by atoms with Crippen molar-refractivity contribution >= 4 is 5.97 Å². The fourth-order valence-corrected chi connectivity index (χ4v) is 3.20. The van der Waals surface area contributed by atoms with Gasteiger partial charge in [-0.3, -0.25) is 9.69 Å². The van der Waals surface area contributed by atoms with Gasteiger partial charge in [0.15, 0.2) is 0 Å². The Morgan fingerprint density at radius 1 is 1.12 bits per heavy atom. The maximum absolute atomic E-state index is 11.6. The van der Waals surface area contributed by atoms with Gasteiger partial charge in [-0.05, 0) is 31.6 Å². The van der Waals surface area contributed by atoms with Crippen molar-refractivity contribution in [3.05, 3.63) is 0 Å². The Morgan fingerprint density at radius 3 is 2.53 bits per heavy atom. The van der Waals surface area contributed by atoms with Crippen LogP contribution in [0.25, 0.3) is 0 Å². The summed E-state index contributed by atoms with van der Waals surface area (Å²) in [5.41, 5.74) is 0. The topological polar surface area (TPSA) is 29.5 Å². The number of hydrogen-bond donors (Lipinski definition) is 0. The van der Waals surface area contributed by atoms with Gasteiger partial charge in [0.05, 0.1) is 7.11 Å². The molecular formula is C14H25NO2. The van der Waals surface area contributed by atoms with Gasteiger partial charge in [-0.2, -0.15) is 0 Å². The molecular weight excluding hydrogens is 214 g/mol. The van der Waals surface area contributed by atoms with Crippen molar-refractivity contribution in [2.45, 2.75) is 64.0 Å². The lowest BCUT2D eigenvalue weighted by molar-refractivity contribution is -0.154. The molecule has 3 heteroatoms. The highest BCUT2D eigenvalue weighted by atomic mass is 16.5. The molecule has 0 spiro atoms. The minimum absolute atomic E-state index is 0.0358. The smallest absolute Gasteiger partial charge is 0.323 e. The third kappa shape index (κ3) is 3.01. The second-order valence-electron chi connectivity index (χ2n) is 5.69. The molecule has 0 bridgehead atoms. The van der Waals surface area contributed by atoms with Crippen molar-refractivity contribution in [2.75, 3.05) is 13.7 Å². The molecule has 1 saturated heterocycles. The zero-order valence-corrected chi connectivity index (χ0v) is 11.2. The van der Waals surface area contributed by atoms with Crippen molar-refractivity contribution in [2.24, 2.45) is 5.92 Å². The lowest BCUT2D eigenvalue weighted by Crippen LogP contribution is -2.57. The number of carbonyl (C=O) groups is 1. The summed E-state index contributed by atoms with van der Waals surface area (Å²) in [6.07, 6.45) is 8.88. The van der Waals surface area contributed by atoms with Crippen LogP contribution in [-0.4, -0.2) is 36.6 Å². The average molecular weight is 239 g/mol. The maximum Gasteiger partial charge on any atom is 0.323 e. The number of nitrogens with zero attached hydrogens (tertiary/aromatic N) is 1. The van der Waals surface area contributed by atoms with E-state index in [4.69, 9.17) is 4.74 Å². The Morgan fingerprint density at radius 2 is 1.88 bits per heavy atom. The summed E-state index contributed by atoms with van der Waals surface area (Å²) in [4.78, 5) is 14.0. The summed E-state index contributed by atoms with van der Waals surface area (Å²) < 4.78 is 4.87. The van der Waals surface area contributed by atoms with Crippen LogP contribution < -0.4 is 0 Å². The Hall–Kier alpha value is -0.570. The van der Waals surface area contributed by atoms with Crippen LogP contribution in [-0.2, 0) is 9.53 Å². The Balaban J connectivity index is 1.89. The third-order valence-corrected chi connectivity index (χ3v) is 4.48. The molecule has 0 N–H and O–H groups in total. The largest absolute Gasteiger partial charge is 0.468 e. The number of ether oxygens (including phenoxy) is 1. The predicted molar refractivity (Wildman–Crippen MR) is 67.8 cm³/mol. The van der Waals surface area contributed by atoms with E-state index in [2.05, 4.69) is 11.8 Å². The highest BCUT2D eigenvalue weighted by Crippen LogP contribution is 2.30. The second kappa shape index (κ2) is 5.85. The summed E-state index contributed by atoms with van der Waals surface area (Å²) in [6, 6.07) is 0.676. The lowest BCUT2D eigenvalue weighted by atomic mass is 9.87. The molecule has 2 aliphatic rings. The first-order valence-corrected chi connectivity index (χ1v) is 7.06. The van der Waals surface area contributed by atoms with E-state index in [1.165, 1.54) is 45.6 Å². The first-order chi connectivity index (χ1) is 8.22. The van der Waals surface area contributed by atoms with Crippen molar-refractivity contribution in [3.8, 4) is 0 Å². The molecule has 0 aromatic heterocycles. The molecule has 0 radical (unpaired) electrons. The van der Waals surface area contributed by atoms with Crippen molar-refractivity contribution in [1.29, 1.82) is 0 Å². The summed E-state index contributed by atoms with van der Waals surface area (Å²) in [7, 11) is 1.50. The van der Waals surface area contributed by atoms with Crippen molar-refractivity contribution < 1.29 is 9.53 Å². The number of carbonyl (C=O) groups excluding carboxylic acids is 1. The minimum atomic E-state index is -0.0358. The normalized spacial score (nSPS) is 35.5. The molecule has 2 rings (SSSR count). The van der Waals surface area contributed by atoms with Crippen molar-refractivity contribution in [1.82, 2.24) is 4.90 Å². The van der Waals surface area contributed by atoms with Gasteiger partial charge in [-0.1, -0.05) is 26.2 Å². The van der Waals surface area contributed by atoms with Gasteiger partial charge in [-0.15, -0.1) is 0 Å². The third-order valence-electron chi connectivity index (χ3n) is 4.48. The SMILES string of the molecule is COC(=O)C1CCN1C1CCCCC(C)CC1. The highest BCUT2D eigenvalue weighted by Gasteiger charge is 2.39. The van der Waals surface area contributed by atoms with Crippen LogP contribution >= 0.6 is 0 Å². The van der Waals surface area contributed by atoms with Gasteiger partial charge in [-0.25, -0.2) is 0 Å². The molecule has 2 fully saturated rings. The average Bonchev–Trinajstić information content (AvgIpc) is 2.26. The molecule has 1 saturated carbocycles. The minimum Gasteiger partial charge on any atom is -0.468 e. The molecule has 1 aliphatic carbocycles. The molecule has 1 heterocycles. The van der Waals surface area contributed by atoms with Gasteiger partial charge in [0.1, 0.15) is 6.04 Å². The summed E-state index contributed by atoms with van der Waals surface area (Å²) in [6.45, 7) is 3.44. The van der Waals surface area contributed by atoms with E-state index in [9.17, 15) is 4.79 Å². The van der Waals surface area contributed by atoms with E-state index in [1.807, 2.05) is 0 Å². The monoisotopic (exact) mass is 239 g/mol. The Labute approximate surface area is 105 Å². The molecule has 3 atom stereocenters. The number of likely N-dealkylation sites (tertiary alicyclic amines) is 1. The fraction of sp³-hybridized carbons (Fsp3) is 0.929. The molecule has 1 aliphatic heterocycles. The molecule has 0 aromatic carbocycles. The van der Waals surface area contributed by atoms with Crippen LogP contribution in [0.15, 0.2) is 0 Å². The zero-order chi connectivity index (χ0) is 12.3. The second-order valence-corrected chi connectivity index (χ2v) is 5.69. The molecule has 0 aromatic rings.